The minimum atomic E-state index is -0.213. The van der Waals surface area contributed by atoms with Crippen LogP contribution in [-0.4, -0.2) is 30.4 Å². The van der Waals surface area contributed by atoms with Crippen LogP contribution in [0.15, 0.2) is 133 Å². The van der Waals surface area contributed by atoms with E-state index in [1.54, 1.807) is 22.7 Å². The van der Waals surface area contributed by atoms with Crippen LogP contribution in [0.1, 0.15) is 25.0 Å². The summed E-state index contributed by atoms with van der Waals surface area (Å²) in [7, 11) is 0. The van der Waals surface area contributed by atoms with Gasteiger partial charge >= 0.3 is 0 Å². The lowest BCUT2D eigenvalue weighted by atomic mass is 9.81. The third-order valence-corrected chi connectivity index (χ3v) is 11.1. The van der Waals surface area contributed by atoms with Crippen molar-refractivity contribution in [3.05, 3.63) is 145 Å². The van der Waals surface area contributed by atoms with Gasteiger partial charge in [-0.1, -0.05) is 134 Å². The van der Waals surface area contributed by atoms with Crippen molar-refractivity contribution in [1.82, 2.24) is 30.4 Å². The number of aromatic nitrogens is 6. The average molecular weight is 669 g/mol. The Morgan fingerprint density at radius 2 is 0.796 bits per heavy atom. The Balaban J connectivity index is 0.999. The molecule has 4 heterocycles. The van der Waals surface area contributed by atoms with Crippen LogP contribution in [0.5, 0.6) is 0 Å². The topological polar surface area (TPSA) is 77.3 Å². The van der Waals surface area contributed by atoms with Crippen LogP contribution in [0.4, 0.5) is 0 Å². The predicted molar refractivity (Wildman–Crippen MR) is 199 cm³/mol. The molecule has 9 rings (SSSR count). The molecule has 0 bridgehead atoms. The lowest BCUT2D eigenvalue weighted by Crippen LogP contribution is -2.15. The van der Waals surface area contributed by atoms with Crippen molar-refractivity contribution in [2.75, 3.05) is 0 Å². The second-order valence-electron chi connectivity index (χ2n) is 12.5. The van der Waals surface area contributed by atoms with E-state index in [4.69, 9.17) is 9.97 Å². The van der Waals surface area contributed by atoms with E-state index in [9.17, 15) is 0 Å². The zero-order valence-corrected chi connectivity index (χ0v) is 28.3. The normalized spacial score (nSPS) is 12.9. The summed E-state index contributed by atoms with van der Waals surface area (Å²) in [6.07, 6.45) is 0. The van der Waals surface area contributed by atoms with E-state index in [0.29, 0.717) is 0 Å². The fourth-order valence-corrected chi connectivity index (χ4v) is 8.16. The maximum absolute atomic E-state index is 4.89. The molecule has 0 saturated heterocycles. The first-order valence-electron chi connectivity index (χ1n) is 16.0. The number of benzene rings is 4. The molecule has 0 aliphatic heterocycles. The Kier molecular flexibility index (Phi) is 7.07. The molecule has 6 nitrogen and oxygen atoms in total. The largest absolute Gasteiger partial charge is 0.245 e. The van der Waals surface area contributed by atoms with Crippen molar-refractivity contribution in [1.29, 1.82) is 0 Å². The monoisotopic (exact) mass is 668 g/mol. The van der Waals surface area contributed by atoms with Crippen LogP contribution < -0.4 is 0 Å². The number of fused-ring (bicyclic) bond motifs is 3. The molecule has 0 radical (unpaired) electrons. The van der Waals surface area contributed by atoms with E-state index in [0.717, 1.165) is 65.1 Å². The number of nitrogens with zero attached hydrogens (tertiary/aromatic N) is 6. The Morgan fingerprint density at radius 3 is 1.24 bits per heavy atom. The van der Waals surface area contributed by atoms with Crippen LogP contribution in [-0.2, 0) is 5.41 Å². The molecule has 0 unspecified atom stereocenters. The molecule has 0 atom stereocenters. The molecule has 1 aliphatic carbocycles. The van der Waals surface area contributed by atoms with Crippen LogP contribution in [0.3, 0.4) is 0 Å². The van der Waals surface area contributed by atoms with Crippen molar-refractivity contribution in [3.8, 4) is 76.2 Å². The number of pyridine rings is 2. The average Bonchev–Trinajstić information content (AvgIpc) is 3.91. The molecule has 0 spiro atoms. The van der Waals surface area contributed by atoms with Gasteiger partial charge in [-0.3, -0.25) is 0 Å². The number of rotatable bonds is 6. The Hall–Kier alpha value is -5.70. The molecule has 8 aromatic rings. The predicted octanol–water partition coefficient (Wildman–Crippen LogP) is 10.5. The first-order valence-corrected chi connectivity index (χ1v) is 17.7. The van der Waals surface area contributed by atoms with Crippen LogP contribution in [0.25, 0.3) is 76.2 Å². The van der Waals surface area contributed by atoms with Gasteiger partial charge in [0, 0.05) is 27.7 Å². The first kappa shape index (κ1) is 29.4. The zero-order chi connectivity index (χ0) is 33.0. The summed E-state index contributed by atoms with van der Waals surface area (Å²) in [5.74, 6) is 0. The highest BCUT2D eigenvalue weighted by Crippen LogP contribution is 2.51. The summed E-state index contributed by atoms with van der Waals surface area (Å²) >= 11 is 3.14. The molecule has 0 fully saturated rings. The molecular formula is C41H28N6S2. The highest BCUT2D eigenvalue weighted by Gasteiger charge is 2.36. The minimum absolute atomic E-state index is 0.213. The van der Waals surface area contributed by atoms with Gasteiger partial charge in [0.05, 0.1) is 11.4 Å². The molecule has 4 aromatic heterocycles. The highest BCUT2D eigenvalue weighted by molar-refractivity contribution is 7.18. The van der Waals surface area contributed by atoms with Gasteiger partial charge in [-0.25, -0.2) is 9.97 Å². The molecule has 1 aliphatic rings. The van der Waals surface area contributed by atoms with Crippen molar-refractivity contribution >= 4 is 22.7 Å². The molecule has 4 aromatic carbocycles. The smallest absolute Gasteiger partial charge is 0.166 e. The lowest BCUT2D eigenvalue weighted by molar-refractivity contribution is 0.661. The number of hydrogen-bond donors (Lipinski definition) is 0. The molecule has 0 saturated carbocycles. The van der Waals surface area contributed by atoms with Gasteiger partial charge in [0.1, 0.15) is 21.4 Å². The quantitative estimate of drug-likeness (QED) is 0.175. The van der Waals surface area contributed by atoms with Crippen LogP contribution in [0, 0.1) is 0 Å². The van der Waals surface area contributed by atoms with Crippen molar-refractivity contribution in [2.24, 2.45) is 0 Å². The van der Waals surface area contributed by atoms with E-state index in [1.165, 1.54) is 22.3 Å². The summed E-state index contributed by atoms with van der Waals surface area (Å²) < 4.78 is 0. The SMILES string of the molecule is CC1(C)c2cc(-c3nnc(-c4cccc(-c5ccccc5)n4)s3)ccc2-c2ccc(-c3nnc(-c4cccc(-c5ccccc5)n4)s3)cc21. The lowest BCUT2D eigenvalue weighted by Gasteiger charge is -2.22. The van der Waals surface area contributed by atoms with Gasteiger partial charge in [-0.05, 0) is 58.7 Å². The van der Waals surface area contributed by atoms with Crippen LogP contribution >= 0.6 is 22.7 Å². The maximum atomic E-state index is 4.89. The third kappa shape index (κ3) is 5.26. The minimum Gasteiger partial charge on any atom is -0.245 e. The standard InChI is InChI=1S/C41H28N6S2/c1-41(2)31-23-27(37-44-46-39(48-37)35-17-9-15-33(42-35)25-11-5-3-6-12-25)19-21-29(31)30-22-20-28(24-32(30)41)38-45-47-40(49-38)36-18-10-16-34(43-36)26-13-7-4-8-14-26/h3-24H,1-2H3. The van der Waals surface area contributed by atoms with Crippen LogP contribution in [0.2, 0.25) is 0 Å². The zero-order valence-electron chi connectivity index (χ0n) is 26.7. The molecule has 8 heteroatoms. The summed E-state index contributed by atoms with van der Waals surface area (Å²) in [6.45, 7) is 4.58. The Morgan fingerprint density at radius 1 is 0.388 bits per heavy atom. The van der Waals surface area contributed by atoms with Gasteiger partial charge < -0.3 is 0 Å². The molecule has 0 amide bonds. The molecule has 234 valence electrons. The molecule has 0 N–H and O–H groups in total. The summed E-state index contributed by atoms with van der Waals surface area (Å²) in [5.41, 5.74) is 12.6. The van der Waals surface area contributed by atoms with E-state index in [2.05, 4.69) is 94.9 Å². The van der Waals surface area contributed by atoms with E-state index >= 15 is 0 Å². The fourth-order valence-electron chi connectivity index (χ4n) is 6.54. The van der Waals surface area contributed by atoms with Crippen molar-refractivity contribution < 1.29 is 0 Å². The fraction of sp³-hybridized carbons (Fsp3) is 0.0732. The van der Waals surface area contributed by atoms with Gasteiger partial charge in [-0.15, -0.1) is 20.4 Å². The summed E-state index contributed by atoms with van der Waals surface area (Å²) in [5, 5.41) is 21.7. The molecular weight excluding hydrogens is 641 g/mol. The van der Waals surface area contributed by atoms with E-state index in [-0.39, 0.29) is 5.41 Å². The van der Waals surface area contributed by atoms with Gasteiger partial charge in [-0.2, -0.15) is 0 Å². The number of hydrogen-bond acceptors (Lipinski definition) is 8. The van der Waals surface area contributed by atoms with Gasteiger partial charge in [0.15, 0.2) is 10.0 Å². The highest BCUT2D eigenvalue weighted by atomic mass is 32.1. The van der Waals surface area contributed by atoms with Crippen molar-refractivity contribution in [3.63, 3.8) is 0 Å². The second-order valence-corrected chi connectivity index (χ2v) is 14.5. The summed E-state index contributed by atoms with van der Waals surface area (Å²) in [6, 6.07) is 45.8. The summed E-state index contributed by atoms with van der Waals surface area (Å²) in [4.78, 5) is 9.78. The first-order chi connectivity index (χ1) is 24.0. The van der Waals surface area contributed by atoms with Gasteiger partial charge in [0.25, 0.3) is 0 Å². The molecule has 49 heavy (non-hydrogen) atoms. The van der Waals surface area contributed by atoms with E-state index < -0.39 is 0 Å². The second kappa shape index (κ2) is 11.8. The van der Waals surface area contributed by atoms with E-state index in [1.807, 2.05) is 72.8 Å². The van der Waals surface area contributed by atoms with Crippen molar-refractivity contribution in [2.45, 2.75) is 19.3 Å². The maximum Gasteiger partial charge on any atom is 0.166 e. The third-order valence-electron chi connectivity index (χ3n) is 9.10. The Labute approximate surface area is 291 Å². The Bertz CT molecular complexity index is 2310. The van der Waals surface area contributed by atoms with Gasteiger partial charge in [0.2, 0.25) is 0 Å².